The highest BCUT2D eigenvalue weighted by Crippen LogP contribution is 2.32. The third kappa shape index (κ3) is 4.91. The van der Waals surface area contributed by atoms with E-state index in [4.69, 9.17) is 9.98 Å². The summed E-state index contributed by atoms with van der Waals surface area (Å²) in [6.07, 6.45) is 7.71. The highest BCUT2D eigenvalue weighted by molar-refractivity contribution is 6.01. The zero-order valence-electron chi connectivity index (χ0n) is 20.0. The van der Waals surface area contributed by atoms with Crippen molar-refractivity contribution in [2.24, 2.45) is 10.9 Å². The lowest BCUT2D eigenvalue weighted by molar-refractivity contribution is -0.134. The number of piperazine rings is 1. The maximum absolute atomic E-state index is 12.9. The molecule has 1 saturated carbocycles. The van der Waals surface area contributed by atoms with E-state index >= 15 is 0 Å². The lowest BCUT2D eigenvalue weighted by Gasteiger charge is -2.38. The molecular weight excluding hydrogens is 410 g/mol. The van der Waals surface area contributed by atoms with E-state index < -0.39 is 0 Å². The summed E-state index contributed by atoms with van der Waals surface area (Å²) in [7, 11) is 0. The van der Waals surface area contributed by atoms with Gasteiger partial charge in [0.1, 0.15) is 11.7 Å². The number of carbonyl (C=O) groups excluding carboxylic acids is 1. The van der Waals surface area contributed by atoms with E-state index in [0.29, 0.717) is 5.91 Å². The molecule has 2 aromatic rings. The van der Waals surface area contributed by atoms with Gasteiger partial charge in [-0.05, 0) is 57.4 Å². The van der Waals surface area contributed by atoms with Crippen LogP contribution in [0.25, 0.3) is 10.9 Å². The maximum atomic E-state index is 12.9. The minimum atomic E-state index is 0.149. The molecule has 1 saturated heterocycles. The van der Waals surface area contributed by atoms with Crippen molar-refractivity contribution in [2.45, 2.75) is 57.9 Å². The van der Waals surface area contributed by atoms with Crippen molar-refractivity contribution in [3.63, 3.8) is 0 Å². The zero-order valence-corrected chi connectivity index (χ0v) is 20.0. The largest absolute Gasteiger partial charge is 0.354 e. The van der Waals surface area contributed by atoms with Crippen molar-refractivity contribution < 1.29 is 4.79 Å². The monoisotopic (exact) mass is 447 g/mol. The number of nitrogens with zero attached hydrogens (tertiary/aromatic N) is 5. The van der Waals surface area contributed by atoms with Gasteiger partial charge >= 0.3 is 0 Å². The Hall–Kier alpha value is -2.47. The summed E-state index contributed by atoms with van der Waals surface area (Å²) in [5.41, 5.74) is 1.07. The molecule has 0 spiro atoms. The molecule has 6 nitrogen and oxygen atoms in total. The number of hydrogen-bond acceptors (Lipinski definition) is 5. The smallest absolute Gasteiger partial charge is 0.233 e. The molecule has 0 radical (unpaired) electrons. The summed E-state index contributed by atoms with van der Waals surface area (Å²) in [5.74, 6) is 2.63. The molecule has 1 aromatic carbocycles. The zero-order chi connectivity index (χ0) is 22.6. The van der Waals surface area contributed by atoms with Crippen molar-refractivity contribution in [1.82, 2.24) is 14.8 Å². The van der Waals surface area contributed by atoms with Gasteiger partial charge in [-0.3, -0.25) is 14.7 Å². The molecule has 1 amide bonds. The van der Waals surface area contributed by atoms with E-state index in [9.17, 15) is 4.79 Å². The first-order valence-electron chi connectivity index (χ1n) is 12.9. The van der Waals surface area contributed by atoms with Crippen molar-refractivity contribution in [3.8, 4) is 0 Å². The molecule has 2 fully saturated rings. The van der Waals surface area contributed by atoms with Crippen LogP contribution in [0.4, 0.5) is 5.82 Å². The number of aromatic nitrogens is 1. The van der Waals surface area contributed by atoms with Crippen LogP contribution >= 0.6 is 0 Å². The lowest BCUT2D eigenvalue weighted by atomic mass is 9.82. The topological polar surface area (TPSA) is 52.0 Å². The number of anilines is 1. The molecule has 3 aliphatic rings. The molecule has 2 aliphatic heterocycles. The first-order chi connectivity index (χ1) is 16.2. The number of unbranched alkanes of at least 4 members (excludes halogenated alkanes) is 1. The number of hydrogen-bond donors (Lipinski definition) is 0. The maximum Gasteiger partial charge on any atom is 0.233 e. The molecule has 3 heterocycles. The van der Waals surface area contributed by atoms with E-state index in [0.717, 1.165) is 88.5 Å². The van der Waals surface area contributed by atoms with Gasteiger partial charge in [-0.25, -0.2) is 4.98 Å². The molecule has 2 unspecified atom stereocenters. The molecule has 33 heavy (non-hydrogen) atoms. The fraction of sp³-hybridized carbons (Fsp3) is 0.593. The molecule has 6 heteroatoms. The Morgan fingerprint density at radius 1 is 0.970 bits per heavy atom. The number of benzene rings is 1. The Kier molecular flexibility index (Phi) is 6.91. The van der Waals surface area contributed by atoms with E-state index in [1.165, 1.54) is 18.2 Å². The minimum Gasteiger partial charge on any atom is -0.354 e. The number of para-hydroxylation sites is 1. The number of fused-ring (bicyclic) bond motifs is 2. The Labute approximate surface area is 197 Å². The summed E-state index contributed by atoms with van der Waals surface area (Å²) >= 11 is 0. The second kappa shape index (κ2) is 10.2. The second-order valence-electron chi connectivity index (χ2n) is 9.73. The van der Waals surface area contributed by atoms with Gasteiger partial charge in [0.15, 0.2) is 0 Å². The predicted octanol–water partition coefficient (Wildman–Crippen LogP) is 4.35. The van der Waals surface area contributed by atoms with Crippen LogP contribution in [0.15, 0.2) is 41.4 Å². The third-order valence-electron chi connectivity index (χ3n) is 7.66. The summed E-state index contributed by atoms with van der Waals surface area (Å²) in [6.45, 7) is 8.18. The van der Waals surface area contributed by atoms with Gasteiger partial charge < -0.3 is 9.80 Å². The van der Waals surface area contributed by atoms with Gasteiger partial charge in [0, 0.05) is 44.5 Å². The van der Waals surface area contributed by atoms with Crippen molar-refractivity contribution in [1.29, 1.82) is 0 Å². The van der Waals surface area contributed by atoms with Crippen LogP contribution in [-0.2, 0) is 4.79 Å². The van der Waals surface area contributed by atoms with Crippen LogP contribution in [-0.4, -0.2) is 71.8 Å². The molecule has 1 aliphatic carbocycles. The summed E-state index contributed by atoms with van der Waals surface area (Å²) in [4.78, 5) is 29.8. The highest BCUT2D eigenvalue weighted by atomic mass is 16.2. The second-order valence-corrected chi connectivity index (χ2v) is 9.73. The third-order valence-corrected chi connectivity index (χ3v) is 7.66. The molecule has 1 aromatic heterocycles. The Morgan fingerprint density at radius 3 is 2.64 bits per heavy atom. The van der Waals surface area contributed by atoms with Crippen LogP contribution in [0, 0.1) is 5.92 Å². The van der Waals surface area contributed by atoms with Gasteiger partial charge in [-0.15, -0.1) is 0 Å². The van der Waals surface area contributed by atoms with Crippen molar-refractivity contribution in [2.75, 3.05) is 44.2 Å². The number of carbonyl (C=O) groups is 1. The van der Waals surface area contributed by atoms with Gasteiger partial charge in [-0.2, -0.15) is 0 Å². The number of aliphatic imine (C=N–C) groups is 1. The fourth-order valence-corrected chi connectivity index (χ4v) is 5.73. The van der Waals surface area contributed by atoms with Crippen LogP contribution in [0.5, 0.6) is 0 Å². The number of pyridine rings is 1. The molecule has 2 atom stereocenters. The highest BCUT2D eigenvalue weighted by Gasteiger charge is 2.38. The molecule has 0 bridgehead atoms. The van der Waals surface area contributed by atoms with Crippen LogP contribution in [0.3, 0.4) is 0 Å². The van der Waals surface area contributed by atoms with Crippen LogP contribution in [0.2, 0.25) is 0 Å². The van der Waals surface area contributed by atoms with E-state index in [-0.39, 0.29) is 12.0 Å². The van der Waals surface area contributed by atoms with Crippen LogP contribution < -0.4 is 4.90 Å². The summed E-state index contributed by atoms with van der Waals surface area (Å²) in [6, 6.07) is 12.9. The molecular formula is C27H37N5O. The van der Waals surface area contributed by atoms with Crippen molar-refractivity contribution in [3.05, 3.63) is 36.4 Å². The predicted molar refractivity (Wildman–Crippen MR) is 135 cm³/mol. The Morgan fingerprint density at radius 2 is 1.79 bits per heavy atom. The number of amidine groups is 1. The van der Waals surface area contributed by atoms with E-state index in [1.54, 1.807) is 0 Å². The van der Waals surface area contributed by atoms with Gasteiger partial charge in [0.05, 0.1) is 17.5 Å². The summed E-state index contributed by atoms with van der Waals surface area (Å²) < 4.78 is 0. The minimum absolute atomic E-state index is 0.149. The first-order valence-corrected chi connectivity index (χ1v) is 12.9. The Bertz CT molecular complexity index is 997. The first kappa shape index (κ1) is 22.3. The van der Waals surface area contributed by atoms with Crippen LogP contribution in [0.1, 0.15) is 51.9 Å². The van der Waals surface area contributed by atoms with Gasteiger partial charge in [-0.1, -0.05) is 31.0 Å². The Balaban J connectivity index is 1.08. The van der Waals surface area contributed by atoms with E-state index in [2.05, 4.69) is 53.1 Å². The standard InChI is InChI=1S/C27H37N5O/c1-2-32-26(29-24-12-6-4-10-22(24)27(32)33)13-7-8-16-30-17-19-31(20-18-30)25-15-14-21-9-3-5-11-23(21)28-25/h3,5,9,11,14-15,22,24H,2,4,6-8,10,12-13,16-20H2,1H3. The quantitative estimate of drug-likeness (QED) is 0.592. The van der Waals surface area contributed by atoms with Gasteiger partial charge in [0.2, 0.25) is 5.91 Å². The number of rotatable bonds is 7. The normalized spacial score (nSPS) is 24.2. The van der Waals surface area contributed by atoms with Crippen molar-refractivity contribution >= 4 is 28.5 Å². The number of amides is 1. The lowest BCUT2D eigenvalue weighted by Crippen LogP contribution is -2.49. The van der Waals surface area contributed by atoms with E-state index in [1.807, 2.05) is 4.90 Å². The molecule has 5 rings (SSSR count). The summed E-state index contributed by atoms with van der Waals surface area (Å²) in [5, 5.41) is 1.20. The fourth-order valence-electron chi connectivity index (χ4n) is 5.73. The molecule has 0 N–H and O–H groups in total. The average Bonchev–Trinajstić information content (AvgIpc) is 2.87. The molecule has 176 valence electrons. The average molecular weight is 448 g/mol. The van der Waals surface area contributed by atoms with Gasteiger partial charge in [0.25, 0.3) is 0 Å². The SMILES string of the molecule is CCN1C(=O)C2CCCCC2N=C1CCCCN1CCN(c2ccc3ccccc3n2)CC1.